The third-order valence-corrected chi connectivity index (χ3v) is 8.08. The van der Waals surface area contributed by atoms with Crippen LogP contribution in [-0.2, 0) is 6.54 Å². The summed E-state index contributed by atoms with van der Waals surface area (Å²) in [6.45, 7) is 9.23. The fourth-order valence-corrected chi connectivity index (χ4v) is 5.68. The molecular formula is C26H30N6OS. The fraction of sp³-hybridized carbons (Fsp3) is 0.423. The predicted molar refractivity (Wildman–Crippen MR) is 137 cm³/mol. The zero-order chi connectivity index (χ0) is 23.9. The van der Waals surface area contributed by atoms with Gasteiger partial charge in [0.05, 0.1) is 15.9 Å². The number of aromatic nitrogens is 4. The lowest BCUT2D eigenvalue weighted by Gasteiger charge is -2.34. The van der Waals surface area contributed by atoms with Crippen LogP contribution < -0.4 is 10.6 Å². The number of hydrogen-bond donors (Lipinski definition) is 2. The molecule has 34 heavy (non-hydrogen) atoms. The lowest BCUT2D eigenvalue weighted by molar-refractivity contribution is 0.0909. The molecule has 1 saturated carbocycles. The number of nitrogens with one attached hydrogen (secondary N) is 2. The molecule has 1 aromatic carbocycles. The van der Waals surface area contributed by atoms with E-state index < -0.39 is 0 Å². The van der Waals surface area contributed by atoms with Crippen LogP contribution in [0.5, 0.6) is 0 Å². The maximum absolute atomic E-state index is 12.7. The Bertz CT molecular complexity index is 1350. The quantitative estimate of drug-likeness (QED) is 0.393. The topological polar surface area (TPSA) is 92.7 Å². The van der Waals surface area contributed by atoms with Crippen molar-refractivity contribution in [3.8, 4) is 0 Å². The van der Waals surface area contributed by atoms with E-state index in [0.717, 1.165) is 68.8 Å². The molecule has 4 aromatic rings. The predicted octanol–water partition coefficient (Wildman–Crippen LogP) is 5.56. The number of fused-ring (bicyclic) bond motifs is 3. The highest BCUT2D eigenvalue weighted by Crippen LogP contribution is 2.37. The number of thiophene rings is 1. The Kier molecular flexibility index (Phi) is 5.93. The Labute approximate surface area is 203 Å². The first-order valence-corrected chi connectivity index (χ1v) is 12.6. The Morgan fingerprint density at radius 1 is 1.09 bits per heavy atom. The molecule has 1 aliphatic rings. The molecule has 0 atom stereocenters. The van der Waals surface area contributed by atoms with Gasteiger partial charge in [-0.2, -0.15) is 5.10 Å². The first-order chi connectivity index (χ1) is 16.3. The van der Waals surface area contributed by atoms with Gasteiger partial charge in [-0.3, -0.25) is 4.79 Å². The molecular weight excluding hydrogens is 444 g/mol. The van der Waals surface area contributed by atoms with Gasteiger partial charge >= 0.3 is 0 Å². The second-order valence-corrected chi connectivity index (χ2v) is 11.1. The molecule has 1 amide bonds. The minimum absolute atomic E-state index is 0.0128. The number of benzene rings is 1. The summed E-state index contributed by atoms with van der Waals surface area (Å²) in [5.74, 6) is 0.797. The van der Waals surface area contributed by atoms with Gasteiger partial charge in [0.2, 0.25) is 0 Å². The number of carbonyl (C=O) groups is 1. The van der Waals surface area contributed by atoms with Crippen LogP contribution in [0.15, 0.2) is 30.6 Å². The average Bonchev–Trinajstić information content (AvgIpc) is 3.22. The number of carbonyl (C=O) groups excluding carboxylic acids is 1. The van der Waals surface area contributed by atoms with E-state index in [1.807, 2.05) is 31.2 Å². The molecule has 0 aliphatic heterocycles. The molecule has 3 heterocycles. The van der Waals surface area contributed by atoms with E-state index in [9.17, 15) is 4.79 Å². The van der Waals surface area contributed by atoms with Crippen molar-refractivity contribution < 1.29 is 4.79 Å². The second-order valence-electron chi connectivity index (χ2n) is 10.1. The lowest BCUT2D eigenvalue weighted by Crippen LogP contribution is -2.39. The normalized spacial score (nSPS) is 16.1. The van der Waals surface area contributed by atoms with Crippen molar-refractivity contribution in [1.82, 2.24) is 25.5 Å². The van der Waals surface area contributed by atoms with Gasteiger partial charge in [-0.1, -0.05) is 26.0 Å². The second kappa shape index (κ2) is 8.91. The highest BCUT2D eigenvalue weighted by atomic mass is 32.1. The number of anilines is 1. The van der Waals surface area contributed by atoms with Gasteiger partial charge in [0.25, 0.3) is 5.91 Å². The Balaban J connectivity index is 1.26. The lowest BCUT2D eigenvalue weighted by atomic mass is 9.75. The molecule has 0 saturated heterocycles. The summed E-state index contributed by atoms with van der Waals surface area (Å²) in [5, 5.41) is 16.3. The summed E-state index contributed by atoms with van der Waals surface area (Å²) in [6, 6.07) is 8.06. The summed E-state index contributed by atoms with van der Waals surface area (Å²) in [6.07, 6.45) is 6.01. The highest BCUT2D eigenvalue weighted by molar-refractivity contribution is 7.25. The van der Waals surface area contributed by atoms with E-state index in [1.54, 1.807) is 17.7 Å². The summed E-state index contributed by atoms with van der Waals surface area (Å²) < 4.78 is 0.979. The van der Waals surface area contributed by atoms with E-state index in [2.05, 4.69) is 51.6 Å². The number of nitrogens with zero attached hydrogens (tertiary/aromatic N) is 4. The van der Waals surface area contributed by atoms with Gasteiger partial charge in [0, 0.05) is 23.5 Å². The molecule has 3 aromatic heterocycles. The van der Waals surface area contributed by atoms with E-state index in [-0.39, 0.29) is 11.9 Å². The zero-order valence-electron chi connectivity index (χ0n) is 20.1. The molecule has 176 valence electrons. The van der Waals surface area contributed by atoms with Gasteiger partial charge in [-0.25, -0.2) is 9.97 Å². The summed E-state index contributed by atoms with van der Waals surface area (Å²) in [7, 11) is 0. The first-order valence-electron chi connectivity index (χ1n) is 11.8. The molecule has 0 bridgehead atoms. The Hall–Kier alpha value is -3.13. The van der Waals surface area contributed by atoms with E-state index in [0.29, 0.717) is 17.5 Å². The number of hydrogen-bond acceptors (Lipinski definition) is 7. The van der Waals surface area contributed by atoms with E-state index >= 15 is 0 Å². The number of rotatable bonds is 5. The molecule has 2 N–H and O–H groups in total. The number of amides is 1. The van der Waals surface area contributed by atoms with Crippen molar-refractivity contribution in [2.75, 3.05) is 5.32 Å². The molecule has 7 nitrogen and oxygen atoms in total. The van der Waals surface area contributed by atoms with Crippen LogP contribution in [0.2, 0.25) is 0 Å². The molecule has 1 aliphatic carbocycles. The van der Waals surface area contributed by atoms with Gasteiger partial charge in [-0.15, -0.1) is 16.4 Å². The van der Waals surface area contributed by atoms with Crippen molar-refractivity contribution in [2.45, 2.75) is 66.0 Å². The van der Waals surface area contributed by atoms with Crippen molar-refractivity contribution in [3.63, 3.8) is 0 Å². The Morgan fingerprint density at radius 2 is 1.82 bits per heavy atom. The summed E-state index contributed by atoms with van der Waals surface area (Å²) in [4.78, 5) is 22.6. The molecule has 1 fully saturated rings. The van der Waals surface area contributed by atoms with Crippen molar-refractivity contribution in [1.29, 1.82) is 0 Å². The average molecular weight is 475 g/mol. The molecule has 0 spiro atoms. The number of aryl methyl sites for hydroxylation is 2. The summed E-state index contributed by atoms with van der Waals surface area (Å²) in [5.41, 5.74) is 5.10. The standard InChI is InChI=1S/C26H30N6OS/c1-15-16(2)31-32-25-20(15)21-22(34-25)23(29-14-28-21)27-13-17-5-7-18(8-6-17)24(33)30-19-9-11-26(3,4)12-10-19/h5-8,14,19H,9-13H2,1-4H3,(H,30,33)(H,27,28,29). The minimum atomic E-state index is 0.0128. The van der Waals surface area contributed by atoms with E-state index in [4.69, 9.17) is 0 Å². The SMILES string of the molecule is Cc1nnc2sc3c(NCc4ccc(C(=O)NC5CCC(C)(C)CC5)cc4)ncnc3c2c1C. The van der Waals surface area contributed by atoms with Crippen LogP contribution >= 0.6 is 11.3 Å². The third kappa shape index (κ3) is 4.46. The largest absolute Gasteiger partial charge is 0.365 e. The van der Waals surface area contributed by atoms with Crippen molar-refractivity contribution >= 4 is 43.5 Å². The maximum Gasteiger partial charge on any atom is 0.251 e. The van der Waals surface area contributed by atoms with Crippen molar-refractivity contribution in [2.24, 2.45) is 5.41 Å². The molecule has 5 rings (SSSR count). The molecule has 8 heteroatoms. The van der Waals surface area contributed by atoms with Gasteiger partial charge in [0.15, 0.2) is 0 Å². The van der Waals surface area contributed by atoms with E-state index in [1.165, 1.54) is 0 Å². The third-order valence-electron chi connectivity index (χ3n) is 7.01. The monoisotopic (exact) mass is 474 g/mol. The highest BCUT2D eigenvalue weighted by Gasteiger charge is 2.27. The fourth-order valence-electron chi connectivity index (χ4n) is 4.58. The van der Waals surface area contributed by atoms with Crippen LogP contribution in [0.4, 0.5) is 5.82 Å². The van der Waals surface area contributed by atoms with Gasteiger partial charge in [0.1, 0.15) is 17.0 Å². The van der Waals surface area contributed by atoms with Crippen LogP contribution in [-0.4, -0.2) is 32.1 Å². The van der Waals surface area contributed by atoms with Crippen LogP contribution in [0.1, 0.15) is 66.7 Å². The van der Waals surface area contributed by atoms with Crippen LogP contribution in [0, 0.1) is 19.3 Å². The van der Waals surface area contributed by atoms with Crippen LogP contribution in [0.25, 0.3) is 20.4 Å². The first kappa shape index (κ1) is 22.7. The van der Waals surface area contributed by atoms with Crippen molar-refractivity contribution in [3.05, 3.63) is 53.0 Å². The summed E-state index contributed by atoms with van der Waals surface area (Å²) >= 11 is 1.55. The molecule has 0 radical (unpaired) electrons. The maximum atomic E-state index is 12.7. The van der Waals surface area contributed by atoms with Crippen LogP contribution in [0.3, 0.4) is 0 Å². The molecule has 0 unspecified atom stereocenters. The Morgan fingerprint density at radius 3 is 2.56 bits per heavy atom. The van der Waals surface area contributed by atoms with Gasteiger partial charge < -0.3 is 10.6 Å². The van der Waals surface area contributed by atoms with Gasteiger partial charge in [-0.05, 0) is 68.2 Å². The zero-order valence-corrected chi connectivity index (χ0v) is 20.9. The minimum Gasteiger partial charge on any atom is -0.365 e. The smallest absolute Gasteiger partial charge is 0.251 e.